The zero-order chi connectivity index (χ0) is 22.3. The fourth-order valence-electron chi connectivity index (χ4n) is 2.46. The van der Waals surface area contributed by atoms with Crippen LogP contribution >= 0.6 is 11.6 Å². The van der Waals surface area contributed by atoms with Gasteiger partial charge in [0.15, 0.2) is 6.29 Å². The molecule has 5 nitrogen and oxygen atoms in total. The number of rotatable bonds is 5. The van der Waals surface area contributed by atoms with Gasteiger partial charge in [0.1, 0.15) is 23.3 Å². The Bertz CT molecular complexity index is 1050. The Morgan fingerprint density at radius 1 is 1.03 bits per heavy atom. The Balaban J connectivity index is 0.00000101. The van der Waals surface area contributed by atoms with Crippen LogP contribution in [0.5, 0.6) is 0 Å². The normalized spacial score (nSPS) is 10.2. The summed E-state index contributed by atoms with van der Waals surface area (Å²) >= 11 is 5.80. The van der Waals surface area contributed by atoms with Gasteiger partial charge in [-0.15, -0.1) is 0 Å². The van der Waals surface area contributed by atoms with E-state index in [1.807, 2.05) is 14.1 Å². The molecule has 0 aliphatic rings. The lowest BCUT2D eigenvalue weighted by atomic mass is 10.1. The van der Waals surface area contributed by atoms with Crippen LogP contribution in [0.15, 0.2) is 42.5 Å². The van der Waals surface area contributed by atoms with E-state index in [0.717, 1.165) is 12.1 Å². The molecule has 1 heterocycles. The van der Waals surface area contributed by atoms with Gasteiger partial charge in [-0.3, -0.25) is 4.79 Å². The van der Waals surface area contributed by atoms with Crippen molar-refractivity contribution in [1.29, 1.82) is 0 Å². The third kappa shape index (κ3) is 5.49. The summed E-state index contributed by atoms with van der Waals surface area (Å²) in [6.07, 6.45) is 0.416. The highest BCUT2D eigenvalue weighted by molar-refractivity contribution is 6.31. The standard InChI is InChI=1S/C19H13ClF3N3O.C2H7N/c20-18-12(13(21)3-4-14(18)22)8-25-19-16(24)5-6-17(26-19)10-1-2-11(9-27)15(23)7-10;1-3-2/h1-7,9H,8,24H2,(H,25,26);3H,1-2H3. The Morgan fingerprint density at radius 3 is 2.33 bits per heavy atom. The number of aromatic nitrogens is 1. The van der Waals surface area contributed by atoms with E-state index in [1.54, 1.807) is 12.1 Å². The van der Waals surface area contributed by atoms with E-state index >= 15 is 0 Å². The third-order valence-electron chi connectivity index (χ3n) is 3.92. The number of nitrogens with one attached hydrogen (secondary N) is 2. The molecule has 1 aromatic heterocycles. The van der Waals surface area contributed by atoms with Crippen LogP contribution in [0.1, 0.15) is 15.9 Å². The highest BCUT2D eigenvalue weighted by atomic mass is 35.5. The number of nitrogen functional groups attached to an aromatic ring is 1. The van der Waals surface area contributed by atoms with Gasteiger partial charge in [-0.25, -0.2) is 18.2 Å². The molecule has 158 valence electrons. The zero-order valence-electron chi connectivity index (χ0n) is 16.3. The minimum Gasteiger partial charge on any atom is -0.396 e. The van der Waals surface area contributed by atoms with Crippen LogP contribution in [0.4, 0.5) is 24.7 Å². The summed E-state index contributed by atoms with van der Waals surface area (Å²) in [5.41, 5.74) is 6.81. The molecule has 0 unspecified atom stereocenters. The van der Waals surface area contributed by atoms with E-state index in [9.17, 15) is 18.0 Å². The summed E-state index contributed by atoms with van der Waals surface area (Å²) < 4.78 is 41.2. The molecule has 3 rings (SSSR count). The maximum Gasteiger partial charge on any atom is 0.152 e. The van der Waals surface area contributed by atoms with Crippen molar-refractivity contribution in [2.45, 2.75) is 6.54 Å². The van der Waals surface area contributed by atoms with E-state index < -0.39 is 17.5 Å². The molecule has 0 saturated carbocycles. The summed E-state index contributed by atoms with van der Waals surface area (Å²) in [4.78, 5) is 15.0. The van der Waals surface area contributed by atoms with Crippen molar-refractivity contribution >= 4 is 29.4 Å². The number of nitrogens with zero attached hydrogens (tertiary/aromatic N) is 1. The molecule has 0 fully saturated rings. The van der Waals surface area contributed by atoms with Gasteiger partial charge in [0.25, 0.3) is 0 Å². The van der Waals surface area contributed by atoms with Crippen molar-refractivity contribution < 1.29 is 18.0 Å². The van der Waals surface area contributed by atoms with Gasteiger partial charge >= 0.3 is 0 Å². The summed E-state index contributed by atoms with van der Waals surface area (Å²) in [5, 5.41) is 5.23. The Morgan fingerprint density at radius 2 is 1.70 bits per heavy atom. The minimum atomic E-state index is -0.740. The monoisotopic (exact) mass is 436 g/mol. The lowest BCUT2D eigenvalue weighted by molar-refractivity contribution is 0.112. The summed E-state index contributed by atoms with van der Waals surface area (Å²) in [6, 6.07) is 9.08. The predicted molar refractivity (Wildman–Crippen MR) is 113 cm³/mol. The largest absolute Gasteiger partial charge is 0.396 e. The Hall–Kier alpha value is -3.10. The Labute approximate surface area is 177 Å². The second kappa shape index (κ2) is 10.6. The van der Waals surface area contributed by atoms with E-state index in [4.69, 9.17) is 17.3 Å². The molecule has 3 aromatic rings. The summed E-state index contributed by atoms with van der Waals surface area (Å²) in [5.74, 6) is -1.89. The van der Waals surface area contributed by atoms with Gasteiger partial charge < -0.3 is 16.4 Å². The molecule has 0 saturated heterocycles. The first-order valence-electron chi connectivity index (χ1n) is 8.78. The van der Waals surface area contributed by atoms with Crippen molar-refractivity contribution in [3.63, 3.8) is 0 Å². The van der Waals surface area contributed by atoms with Crippen LogP contribution in [-0.2, 0) is 6.54 Å². The number of hydrogen-bond acceptors (Lipinski definition) is 5. The van der Waals surface area contributed by atoms with Gasteiger partial charge in [-0.1, -0.05) is 17.7 Å². The molecule has 9 heteroatoms. The number of pyridine rings is 1. The Kier molecular flexibility index (Phi) is 8.20. The zero-order valence-corrected chi connectivity index (χ0v) is 17.0. The predicted octanol–water partition coefficient (Wildman–Crippen LogP) is 4.66. The maximum absolute atomic E-state index is 13.9. The van der Waals surface area contributed by atoms with E-state index in [2.05, 4.69) is 15.6 Å². The first kappa shape index (κ1) is 23.2. The number of anilines is 2. The van der Waals surface area contributed by atoms with Gasteiger partial charge in [0, 0.05) is 17.7 Å². The fourth-order valence-corrected chi connectivity index (χ4v) is 2.68. The summed E-state index contributed by atoms with van der Waals surface area (Å²) in [7, 11) is 3.75. The molecule has 0 atom stereocenters. The molecule has 0 amide bonds. The lowest BCUT2D eigenvalue weighted by Gasteiger charge is -2.12. The van der Waals surface area contributed by atoms with Crippen molar-refractivity contribution in [2.75, 3.05) is 25.1 Å². The topological polar surface area (TPSA) is 80.0 Å². The molecular formula is C21H20ClF3N4O. The second-order valence-corrected chi connectivity index (χ2v) is 6.54. The minimum absolute atomic E-state index is 0.0651. The van der Waals surface area contributed by atoms with Gasteiger partial charge in [-0.2, -0.15) is 0 Å². The number of aldehydes is 1. The first-order valence-corrected chi connectivity index (χ1v) is 9.16. The van der Waals surface area contributed by atoms with Crippen molar-refractivity contribution in [3.8, 4) is 11.3 Å². The van der Waals surface area contributed by atoms with Gasteiger partial charge in [0.05, 0.1) is 22.0 Å². The van der Waals surface area contributed by atoms with Crippen molar-refractivity contribution in [1.82, 2.24) is 10.3 Å². The third-order valence-corrected chi connectivity index (χ3v) is 4.33. The van der Waals surface area contributed by atoms with Crippen LogP contribution in [0.3, 0.4) is 0 Å². The number of hydrogen-bond donors (Lipinski definition) is 3. The quantitative estimate of drug-likeness (QED) is 0.400. The number of carbonyl (C=O) groups is 1. The van der Waals surface area contributed by atoms with E-state index in [1.165, 1.54) is 18.2 Å². The van der Waals surface area contributed by atoms with Crippen LogP contribution in [0.25, 0.3) is 11.3 Å². The van der Waals surface area contributed by atoms with E-state index in [-0.39, 0.29) is 34.2 Å². The number of benzene rings is 2. The molecule has 0 bridgehead atoms. The van der Waals surface area contributed by atoms with Crippen LogP contribution in [0, 0.1) is 17.5 Å². The smallest absolute Gasteiger partial charge is 0.152 e. The van der Waals surface area contributed by atoms with Gasteiger partial charge in [-0.05, 0) is 50.5 Å². The molecule has 0 aliphatic heterocycles. The van der Waals surface area contributed by atoms with E-state index in [0.29, 0.717) is 17.5 Å². The molecule has 0 aliphatic carbocycles. The first-order chi connectivity index (χ1) is 14.3. The molecule has 0 spiro atoms. The number of halogens is 4. The maximum atomic E-state index is 13.9. The molecule has 30 heavy (non-hydrogen) atoms. The second-order valence-electron chi connectivity index (χ2n) is 6.16. The number of nitrogens with two attached hydrogens (primary N) is 1. The van der Waals surface area contributed by atoms with Crippen LogP contribution in [0.2, 0.25) is 5.02 Å². The average Bonchev–Trinajstić information content (AvgIpc) is 2.72. The SMILES string of the molecule is CNC.Nc1ccc(-c2ccc(C=O)c(F)c2)nc1NCc1c(F)ccc(F)c1Cl. The molecule has 2 aromatic carbocycles. The van der Waals surface area contributed by atoms with Crippen molar-refractivity contribution in [2.24, 2.45) is 0 Å². The van der Waals surface area contributed by atoms with Crippen LogP contribution in [-0.4, -0.2) is 25.4 Å². The van der Waals surface area contributed by atoms with Crippen LogP contribution < -0.4 is 16.4 Å². The summed E-state index contributed by atoms with van der Waals surface area (Å²) in [6.45, 7) is -0.151. The number of carbonyl (C=O) groups excluding carboxylic acids is 1. The highest BCUT2D eigenvalue weighted by Gasteiger charge is 2.13. The average molecular weight is 437 g/mol. The lowest BCUT2D eigenvalue weighted by Crippen LogP contribution is -2.08. The molecule has 4 N–H and O–H groups in total. The van der Waals surface area contributed by atoms with Gasteiger partial charge in [0.2, 0.25) is 0 Å². The molecule has 0 radical (unpaired) electrons. The highest BCUT2D eigenvalue weighted by Crippen LogP contribution is 2.27. The van der Waals surface area contributed by atoms with Crippen molar-refractivity contribution in [3.05, 3.63) is 76.1 Å². The fraction of sp³-hybridized carbons (Fsp3) is 0.143. The molecular weight excluding hydrogens is 417 g/mol.